The van der Waals surface area contributed by atoms with Crippen LogP contribution in [0.1, 0.15) is 35.4 Å². The van der Waals surface area contributed by atoms with Gasteiger partial charge in [-0.3, -0.25) is 4.99 Å². The van der Waals surface area contributed by atoms with Crippen LogP contribution in [0.4, 0.5) is 4.79 Å². The minimum absolute atomic E-state index is 0.0728. The molecule has 0 spiro atoms. The number of carbonyl (C=O) groups is 2. The number of nitrogens with zero attached hydrogens (tertiary/aromatic N) is 2. The van der Waals surface area contributed by atoms with Gasteiger partial charge in [-0.15, -0.1) is 0 Å². The fraction of sp³-hybridized carbons (Fsp3) is 0.250. The van der Waals surface area contributed by atoms with E-state index in [-0.39, 0.29) is 37.9 Å². The zero-order chi connectivity index (χ0) is 28.0. The molecule has 0 fully saturated rings. The molecule has 0 aromatic heterocycles. The van der Waals surface area contributed by atoms with Gasteiger partial charge in [-0.2, -0.15) is 4.31 Å². The quantitative estimate of drug-likeness (QED) is 0.186. The van der Waals surface area contributed by atoms with E-state index in [0.717, 1.165) is 22.3 Å². The summed E-state index contributed by atoms with van der Waals surface area (Å²) >= 11 is 0. The predicted octanol–water partition coefficient (Wildman–Crippen LogP) is 3.27. The number of carbonyl (C=O) groups excluding carboxylic acids is 1. The number of rotatable bonds is 11. The van der Waals surface area contributed by atoms with Crippen molar-refractivity contribution in [1.82, 2.24) is 4.31 Å². The second kappa shape index (κ2) is 12.0. The van der Waals surface area contributed by atoms with Crippen LogP contribution < -0.4 is 11.5 Å². The number of aliphatic imine (C=N–C) groups is 1. The molecule has 0 bridgehead atoms. The van der Waals surface area contributed by atoms with Gasteiger partial charge in [0, 0.05) is 12.5 Å². The minimum atomic E-state index is -4.45. The van der Waals surface area contributed by atoms with Crippen molar-refractivity contribution in [2.45, 2.75) is 30.6 Å². The van der Waals surface area contributed by atoms with Crippen LogP contribution in [0.3, 0.4) is 0 Å². The van der Waals surface area contributed by atoms with Crippen molar-refractivity contribution in [3.8, 4) is 11.1 Å². The molecule has 0 saturated carbocycles. The van der Waals surface area contributed by atoms with Gasteiger partial charge in [0.2, 0.25) is 10.0 Å². The number of nitrogens with two attached hydrogens (primary N) is 2. The lowest BCUT2D eigenvalue weighted by molar-refractivity contribution is -0.141. The van der Waals surface area contributed by atoms with E-state index in [1.165, 1.54) is 0 Å². The number of carboxylic acid groups (broad SMARTS) is 1. The zero-order valence-corrected chi connectivity index (χ0v) is 22.0. The average Bonchev–Trinajstić information content (AvgIpc) is 3.22. The van der Waals surface area contributed by atoms with Crippen molar-refractivity contribution < 1.29 is 27.9 Å². The lowest BCUT2D eigenvalue weighted by atomic mass is 9.98. The fourth-order valence-electron chi connectivity index (χ4n) is 4.78. The van der Waals surface area contributed by atoms with Gasteiger partial charge < -0.3 is 21.3 Å². The first kappa shape index (κ1) is 27.6. The molecule has 0 saturated heterocycles. The topological polar surface area (TPSA) is 165 Å². The number of carboxylic acids is 1. The molecule has 5 N–H and O–H groups in total. The summed E-state index contributed by atoms with van der Waals surface area (Å²) in [4.78, 5) is 29.5. The first-order valence-corrected chi connectivity index (χ1v) is 14.0. The molecule has 0 radical (unpaired) electrons. The van der Waals surface area contributed by atoms with Gasteiger partial charge in [0.15, 0.2) is 5.96 Å². The molecule has 0 aliphatic heterocycles. The number of amides is 1. The minimum Gasteiger partial charge on any atom is -0.480 e. The van der Waals surface area contributed by atoms with Gasteiger partial charge in [0.1, 0.15) is 12.6 Å². The summed E-state index contributed by atoms with van der Waals surface area (Å²) in [7, 11) is -4.45. The fourth-order valence-corrected chi connectivity index (χ4v) is 6.40. The molecule has 39 heavy (non-hydrogen) atoms. The molecule has 204 valence electrons. The summed E-state index contributed by atoms with van der Waals surface area (Å²) in [5, 5.41) is 9.97. The molecule has 0 unspecified atom stereocenters. The lowest BCUT2D eigenvalue weighted by Crippen LogP contribution is -2.49. The van der Waals surface area contributed by atoms with Crippen LogP contribution in [0.15, 0.2) is 83.9 Å². The molecule has 0 heterocycles. The number of benzene rings is 3. The standard InChI is InChI=1S/C28H30N4O6S/c29-27(30)31-16-8-15-25(26(33)34)32(39(36,37)18-19-9-2-1-3-10-19)28(35)38-17-24-22-13-6-4-11-20(22)21-12-5-7-14-23(21)24/h1-7,9-14,24-25H,8,15-18H2,(H,33,34)(H4,29,30,31)/t25-/m0/s1. The summed E-state index contributed by atoms with van der Waals surface area (Å²) in [6, 6.07) is 21.9. The highest BCUT2D eigenvalue weighted by Crippen LogP contribution is 2.44. The van der Waals surface area contributed by atoms with E-state index in [0.29, 0.717) is 9.87 Å². The van der Waals surface area contributed by atoms with E-state index in [1.54, 1.807) is 30.3 Å². The molecule has 10 nitrogen and oxygen atoms in total. The lowest BCUT2D eigenvalue weighted by Gasteiger charge is -2.28. The number of guanidine groups is 1. The van der Waals surface area contributed by atoms with E-state index < -0.39 is 33.9 Å². The highest BCUT2D eigenvalue weighted by atomic mass is 32.2. The Labute approximate surface area is 227 Å². The number of hydrogen-bond donors (Lipinski definition) is 3. The Morgan fingerprint density at radius 2 is 1.49 bits per heavy atom. The number of fused-ring (bicyclic) bond motifs is 3. The predicted molar refractivity (Wildman–Crippen MR) is 147 cm³/mol. The Balaban J connectivity index is 1.61. The Morgan fingerprint density at radius 1 is 0.923 bits per heavy atom. The number of aliphatic carboxylic acids is 1. The molecule has 3 aromatic carbocycles. The number of ether oxygens (including phenoxy) is 1. The van der Waals surface area contributed by atoms with Crippen molar-refractivity contribution in [2.75, 3.05) is 13.2 Å². The van der Waals surface area contributed by atoms with Crippen molar-refractivity contribution >= 4 is 28.0 Å². The first-order valence-electron chi connectivity index (χ1n) is 12.4. The average molecular weight is 551 g/mol. The third kappa shape index (κ3) is 6.37. The second-order valence-electron chi connectivity index (χ2n) is 9.14. The largest absolute Gasteiger partial charge is 0.480 e. The van der Waals surface area contributed by atoms with Crippen molar-refractivity contribution in [3.05, 3.63) is 95.6 Å². The maximum Gasteiger partial charge on any atom is 0.424 e. The van der Waals surface area contributed by atoms with Crippen LogP contribution in [-0.4, -0.2) is 55.0 Å². The highest BCUT2D eigenvalue weighted by Gasteiger charge is 2.40. The van der Waals surface area contributed by atoms with Crippen molar-refractivity contribution in [1.29, 1.82) is 0 Å². The molecule has 11 heteroatoms. The van der Waals surface area contributed by atoms with Gasteiger partial charge in [-0.05, 0) is 40.7 Å². The maximum atomic E-state index is 13.5. The van der Waals surface area contributed by atoms with E-state index in [2.05, 4.69) is 4.99 Å². The highest BCUT2D eigenvalue weighted by molar-refractivity contribution is 7.88. The molecule has 3 aromatic rings. The SMILES string of the molecule is NC(N)=NCCC[C@@H](C(=O)O)N(C(=O)OCC1c2ccccc2-c2ccccc21)S(=O)(=O)Cc1ccccc1. The monoisotopic (exact) mass is 550 g/mol. The zero-order valence-electron chi connectivity index (χ0n) is 21.1. The molecular weight excluding hydrogens is 520 g/mol. The molecule has 4 rings (SSSR count). The smallest absolute Gasteiger partial charge is 0.424 e. The third-order valence-corrected chi connectivity index (χ3v) is 8.21. The first-order chi connectivity index (χ1) is 18.7. The van der Waals surface area contributed by atoms with E-state index in [9.17, 15) is 23.1 Å². The van der Waals surface area contributed by atoms with Crippen molar-refractivity contribution in [2.24, 2.45) is 16.5 Å². The van der Waals surface area contributed by atoms with E-state index in [4.69, 9.17) is 16.2 Å². The summed E-state index contributed by atoms with van der Waals surface area (Å²) in [5.41, 5.74) is 15.0. The third-order valence-electron chi connectivity index (χ3n) is 6.51. The summed E-state index contributed by atoms with van der Waals surface area (Å²) in [6.45, 7) is -0.0894. The normalized spacial score (nSPS) is 13.1. The van der Waals surface area contributed by atoms with Crippen LogP contribution in [0.25, 0.3) is 11.1 Å². The maximum absolute atomic E-state index is 13.5. The van der Waals surface area contributed by atoms with Gasteiger partial charge in [-0.1, -0.05) is 78.9 Å². The Hall–Kier alpha value is -4.38. The summed E-state index contributed by atoms with van der Waals surface area (Å²) in [6.07, 6.45) is -1.32. The molecule has 1 aliphatic carbocycles. The van der Waals surface area contributed by atoms with E-state index >= 15 is 0 Å². The van der Waals surface area contributed by atoms with Crippen LogP contribution in [0, 0.1) is 0 Å². The van der Waals surface area contributed by atoms with Gasteiger partial charge in [0.05, 0.1) is 5.75 Å². The number of hydrogen-bond acceptors (Lipinski definition) is 6. The van der Waals surface area contributed by atoms with Gasteiger partial charge in [0.25, 0.3) is 0 Å². The molecule has 1 aliphatic rings. The molecule has 1 atom stereocenters. The summed E-state index contributed by atoms with van der Waals surface area (Å²) < 4.78 is 33.0. The van der Waals surface area contributed by atoms with Crippen LogP contribution in [-0.2, 0) is 25.3 Å². The second-order valence-corrected chi connectivity index (χ2v) is 11.0. The van der Waals surface area contributed by atoms with Gasteiger partial charge in [-0.25, -0.2) is 18.0 Å². The Morgan fingerprint density at radius 3 is 2.05 bits per heavy atom. The van der Waals surface area contributed by atoms with Crippen LogP contribution in [0.5, 0.6) is 0 Å². The molecule has 1 amide bonds. The van der Waals surface area contributed by atoms with Gasteiger partial charge >= 0.3 is 12.1 Å². The van der Waals surface area contributed by atoms with Crippen LogP contribution in [0.2, 0.25) is 0 Å². The van der Waals surface area contributed by atoms with Crippen molar-refractivity contribution in [3.63, 3.8) is 0 Å². The Bertz CT molecular complexity index is 1430. The van der Waals surface area contributed by atoms with E-state index in [1.807, 2.05) is 48.5 Å². The van der Waals surface area contributed by atoms with Crippen LogP contribution >= 0.6 is 0 Å². The number of sulfonamides is 1. The molecular formula is C28H30N4O6S. The summed E-state index contributed by atoms with van der Waals surface area (Å²) in [5.74, 6) is -2.56. The Kier molecular flexibility index (Phi) is 8.50.